The van der Waals surface area contributed by atoms with Gasteiger partial charge < -0.3 is 15.1 Å². The molecule has 2 aromatic carbocycles. The first kappa shape index (κ1) is 24.5. The summed E-state index contributed by atoms with van der Waals surface area (Å²) in [6.07, 6.45) is 0.866. The lowest BCUT2D eigenvalue weighted by atomic mass is 10.2. The van der Waals surface area contributed by atoms with E-state index in [9.17, 15) is 18.0 Å². The van der Waals surface area contributed by atoms with E-state index in [-0.39, 0.29) is 10.9 Å². The Hall–Kier alpha value is -3.12. The maximum Gasteiger partial charge on any atom is 0.332 e. The maximum atomic E-state index is 12.4. The molecule has 0 bridgehead atoms. The zero-order chi connectivity index (χ0) is 24.2. The van der Waals surface area contributed by atoms with E-state index >= 15 is 0 Å². The topological polar surface area (TPSA) is 130 Å². The van der Waals surface area contributed by atoms with Crippen LogP contribution in [0, 0.1) is 0 Å². The highest BCUT2D eigenvalue weighted by molar-refractivity contribution is 7.89. The van der Waals surface area contributed by atoms with Gasteiger partial charge in [0.1, 0.15) is 5.76 Å². The van der Waals surface area contributed by atoms with E-state index in [1.54, 1.807) is 41.1 Å². The summed E-state index contributed by atoms with van der Waals surface area (Å²) in [6.45, 7) is 0. The predicted molar refractivity (Wildman–Crippen MR) is 131 cm³/mol. The van der Waals surface area contributed by atoms with Crippen molar-refractivity contribution >= 4 is 73.9 Å². The second-order valence-electron chi connectivity index (χ2n) is 6.58. The molecule has 4 N–H and O–H groups in total. The molecular weight excluding hydrogens is 511 g/mol. The Bertz CT molecular complexity index is 1320. The largest absolute Gasteiger partial charge is 0.451 e. The fourth-order valence-corrected chi connectivity index (χ4v) is 3.58. The number of benzene rings is 2. The summed E-state index contributed by atoms with van der Waals surface area (Å²) in [5.41, 5.74) is 1.41. The molecule has 0 radical (unpaired) electrons. The lowest BCUT2D eigenvalue weighted by Gasteiger charge is -2.10. The van der Waals surface area contributed by atoms with Crippen LogP contribution in [0.3, 0.4) is 0 Å². The van der Waals surface area contributed by atoms with Crippen molar-refractivity contribution in [3.63, 3.8) is 0 Å². The third-order valence-corrected chi connectivity index (χ3v) is 5.53. The molecule has 0 spiro atoms. The van der Waals surface area contributed by atoms with Crippen molar-refractivity contribution in [1.29, 1.82) is 0 Å². The summed E-state index contributed by atoms with van der Waals surface area (Å²) >= 11 is 17.3. The molecule has 0 saturated carbocycles. The highest BCUT2D eigenvalue weighted by Gasteiger charge is 2.16. The van der Waals surface area contributed by atoms with Gasteiger partial charge >= 0.3 is 6.03 Å². The Labute approximate surface area is 204 Å². The number of sulfonamides is 1. The molecule has 3 amide bonds. The van der Waals surface area contributed by atoms with Gasteiger partial charge in [-0.2, -0.15) is 0 Å². The fraction of sp³-hybridized carbons (Fsp3) is 0.0500. The van der Waals surface area contributed by atoms with Crippen LogP contribution in [0.15, 0.2) is 59.0 Å². The molecule has 0 unspecified atom stereocenters. The Balaban J connectivity index is 1.58. The maximum absolute atomic E-state index is 12.4. The van der Waals surface area contributed by atoms with E-state index in [0.29, 0.717) is 32.7 Å². The van der Waals surface area contributed by atoms with E-state index in [4.69, 9.17) is 39.8 Å². The number of amides is 3. The van der Waals surface area contributed by atoms with Crippen LogP contribution in [0.25, 0.3) is 11.3 Å². The summed E-state index contributed by atoms with van der Waals surface area (Å²) in [4.78, 5) is 24.0. The molecule has 0 aliphatic heterocycles. The highest BCUT2D eigenvalue weighted by atomic mass is 35.5. The van der Waals surface area contributed by atoms with Crippen LogP contribution in [-0.4, -0.2) is 31.7 Å². The molecule has 3 rings (SSSR count). The van der Waals surface area contributed by atoms with Crippen molar-refractivity contribution in [3.05, 3.63) is 70.4 Å². The number of urea groups is 1. The van der Waals surface area contributed by atoms with Gasteiger partial charge in [0, 0.05) is 16.9 Å². The number of hydrogen-bond donors (Lipinski definition) is 4. The second kappa shape index (κ2) is 10.2. The predicted octanol–water partition coefficient (Wildman–Crippen LogP) is 4.46. The number of furan rings is 1. The van der Waals surface area contributed by atoms with Crippen LogP contribution in [0.4, 0.5) is 16.2 Å². The molecule has 0 fully saturated rings. The van der Waals surface area contributed by atoms with Gasteiger partial charge in [-0.15, -0.1) is 0 Å². The van der Waals surface area contributed by atoms with Crippen molar-refractivity contribution in [2.24, 2.45) is 0 Å². The number of nitrogens with one attached hydrogen (secondary N) is 4. The van der Waals surface area contributed by atoms with Crippen molar-refractivity contribution < 1.29 is 22.4 Å². The van der Waals surface area contributed by atoms with Crippen molar-refractivity contribution in [2.75, 3.05) is 16.9 Å². The number of carbonyl (C=O) groups excluding carboxylic acids is 2. The van der Waals surface area contributed by atoms with Gasteiger partial charge in [0.05, 0.1) is 16.3 Å². The van der Waals surface area contributed by atoms with Crippen molar-refractivity contribution in [3.8, 4) is 11.3 Å². The molecule has 0 aliphatic rings. The van der Waals surface area contributed by atoms with Crippen LogP contribution >= 0.6 is 35.4 Å². The van der Waals surface area contributed by atoms with Crippen molar-refractivity contribution in [2.45, 2.75) is 0 Å². The highest BCUT2D eigenvalue weighted by Crippen LogP contribution is 2.34. The minimum atomic E-state index is -3.67. The lowest BCUT2D eigenvalue weighted by molar-refractivity contribution is 0.0951. The van der Waals surface area contributed by atoms with Crippen LogP contribution in [0.1, 0.15) is 10.6 Å². The Morgan fingerprint density at radius 1 is 0.939 bits per heavy atom. The number of carbonyl (C=O) groups is 2. The first-order valence-electron chi connectivity index (χ1n) is 9.07. The molecule has 9 nitrogen and oxygen atoms in total. The Morgan fingerprint density at radius 2 is 1.58 bits per heavy atom. The lowest BCUT2D eigenvalue weighted by Crippen LogP contribution is -2.34. The second-order valence-corrected chi connectivity index (χ2v) is 9.52. The third kappa shape index (κ3) is 6.93. The summed E-state index contributed by atoms with van der Waals surface area (Å²) in [6, 6.07) is 13.4. The molecule has 0 saturated heterocycles. The quantitative estimate of drug-likeness (QED) is 0.361. The minimum Gasteiger partial charge on any atom is -0.451 e. The number of hydrogen-bond acceptors (Lipinski definition) is 6. The smallest absolute Gasteiger partial charge is 0.332 e. The molecule has 1 heterocycles. The number of thiocarbonyl (C=S) groups is 1. The summed E-state index contributed by atoms with van der Waals surface area (Å²) in [5.74, 6) is -0.191. The van der Waals surface area contributed by atoms with Gasteiger partial charge in [-0.3, -0.25) is 10.1 Å². The zero-order valence-corrected chi connectivity index (χ0v) is 20.0. The average molecular weight is 527 g/mol. The molecule has 13 heteroatoms. The molecule has 0 atom stereocenters. The third-order valence-electron chi connectivity index (χ3n) is 3.95. The van der Waals surface area contributed by atoms with E-state index < -0.39 is 22.0 Å². The normalized spacial score (nSPS) is 10.9. The SMILES string of the molecule is CS(=O)(=O)NC(=O)Nc1ccc(NC(=S)NC(=O)c2ccc(-c3cccc(Cl)c3Cl)o2)cc1. The average Bonchev–Trinajstić information content (AvgIpc) is 3.20. The molecule has 3 aromatic rings. The van der Waals surface area contributed by atoms with Crippen LogP contribution in [0.5, 0.6) is 0 Å². The molecule has 0 aliphatic carbocycles. The van der Waals surface area contributed by atoms with E-state index in [2.05, 4.69) is 16.0 Å². The van der Waals surface area contributed by atoms with Crippen LogP contribution in [0.2, 0.25) is 10.0 Å². The molecule has 172 valence electrons. The first-order valence-corrected chi connectivity index (χ1v) is 12.1. The molecular formula is C20H16Cl2N4O5S2. The molecule has 33 heavy (non-hydrogen) atoms. The summed E-state index contributed by atoms with van der Waals surface area (Å²) in [7, 11) is -3.67. The summed E-state index contributed by atoms with van der Waals surface area (Å²) in [5, 5.41) is 8.35. The van der Waals surface area contributed by atoms with Gasteiger partial charge in [0.25, 0.3) is 5.91 Å². The Kier molecular flexibility index (Phi) is 7.59. The fourth-order valence-electron chi connectivity index (χ4n) is 2.59. The molecule has 1 aromatic heterocycles. The first-order chi connectivity index (χ1) is 15.5. The van der Waals surface area contributed by atoms with Crippen LogP contribution in [-0.2, 0) is 10.0 Å². The van der Waals surface area contributed by atoms with Crippen LogP contribution < -0.4 is 20.7 Å². The van der Waals surface area contributed by atoms with Crippen molar-refractivity contribution in [1.82, 2.24) is 10.0 Å². The van der Waals surface area contributed by atoms with E-state index in [0.717, 1.165) is 6.26 Å². The summed E-state index contributed by atoms with van der Waals surface area (Å²) < 4.78 is 29.5. The van der Waals surface area contributed by atoms with Gasteiger partial charge in [-0.05, 0) is 60.7 Å². The van der Waals surface area contributed by atoms with Gasteiger partial charge in [0.2, 0.25) is 10.0 Å². The van der Waals surface area contributed by atoms with Gasteiger partial charge in [0.15, 0.2) is 10.9 Å². The van der Waals surface area contributed by atoms with E-state index in [1.165, 1.54) is 18.2 Å². The number of rotatable bonds is 5. The Morgan fingerprint density at radius 3 is 2.21 bits per heavy atom. The number of anilines is 2. The zero-order valence-electron chi connectivity index (χ0n) is 16.8. The standard InChI is InChI=1S/C20H16Cl2N4O5S2/c1-33(29,30)26-19(28)23-11-5-7-12(8-6-11)24-20(32)25-18(27)16-10-9-15(31-16)13-3-2-4-14(21)17(13)22/h2-10H,1H3,(H2,23,26,28)(H2,24,25,27,32). The monoisotopic (exact) mass is 526 g/mol. The van der Waals surface area contributed by atoms with Gasteiger partial charge in [-0.25, -0.2) is 17.9 Å². The van der Waals surface area contributed by atoms with E-state index in [1.807, 2.05) is 0 Å². The number of halogens is 2. The van der Waals surface area contributed by atoms with Gasteiger partial charge in [-0.1, -0.05) is 29.3 Å². The minimum absolute atomic E-state index is 0.00858.